The van der Waals surface area contributed by atoms with Gasteiger partial charge in [0.15, 0.2) is 16.3 Å². The summed E-state index contributed by atoms with van der Waals surface area (Å²) in [7, 11) is 0. The van der Waals surface area contributed by atoms with Gasteiger partial charge in [-0.05, 0) is 76.2 Å². The first-order chi connectivity index (χ1) is 17.5. The molecular formula is C29H23BrN2O3S. The van der Waals surface area contributed by atoms with Crippen LogP contribution in [0, 0.1) is 0 Å². The molecule has 0 fully saturated rings. The molecule has 2 heterocycles. The van der Waals surface area contributed by atoms with E-state index in [0.717, 1.165) is 35.2 Å². The maximum absolute atomic E-state index is 13.9. The van der Waals surface area contributed by atoms with E-state index in [9.17, 15) is 9.90 Å². The minimum absolute atomic E-state index is 0.0471. The number of ether oxygens (including phenoxy) is 1. The summed E-state index contributed by atoms with van der Waals surface area (Å²) in [5.74, 6) is 0.422. The van der Waals surface area contributed by atoms with Gasteiger partial charge >= 0.3 is 0 Å². The molecule has 0 saturated heterocycles. The molecule has 0 spiro atoms. The van der Waals surface area contributed by atoms with Gasteiger partial charge in [-0.1, -0.05) is 65.9 Å². The molecule has 36 heavy (non-hydrogen) atoms. The van der Waals surface area contributed by atoms with Gasteiger partial charge in [0.1, 0.15) is 0 Å². The third kappa shape index (κ3) is 3.83. The van der Waals surface area contributed by atoms with E-state index in [0.29, 0.717) is 26.2 Å². The van der Waals surface area contributed by atoms with Crippen molar-refractivity contribution < 1.29 is 9.84 Å². The van der Waals surface area contributed by atoms with Gasteiger partial charge in [-0.3, -0.25) is 9.36 Å². The Hall–Kier alpha value is -3.42. The van der Waals surface area contributed by atoms with Crippen LogP contribution in [0.25, 0.3) is 11.8 Å². The molecule has 0 amide bonds. The fraction of sp³-hybridized carbons (Fsp3) is 0.172. The Kier molecular flexibility index (Phi) is 5.90. The third-order valence-corrected chi connectivity index (χ3v) is 8.22. The number of aryl methyl sites for hydroxylation is 1. The van der Waals surface area contributed by atoms with Crippen molar-refractivity contribution in [1.82, 2.24) is 4.57 Å². The number of phenols is 1. The molecule has 1 aliphatic heterocycles. The number of fused-ring (bicyclic) bond motifs is 3. The summed E-state index contributed by atoms with van der Waals surface area (Å²) in [6.45, 7) is 2.29. The molecule has 0 radical (unpaired) electrons. The van der Waals surface area contributed by atoms with Crippen molar-refractivity contribution in [3.05, 3.63) is 119 Å². The number of aromatic hydroxyl groups is 1. The van der Waals surface area contributed by atoms with E-state index in [1.54, 1.807) is 12.1 Å². The zero-order chi connectivity index (χ0) is 24.8. The molecule has 4 aromatic rings. The van der Waals surface area contributed by atoms with Crippen molar-refractivity contribution in [2.75, 3.05) is 6.61 Å². The number of hydrogen-bond acceptors (Lipinski definition) is 5. The van der Waals surface area contributed by atoms with Crippen LogP contribution in [0.1, 0.15) is 41.6 Å². The first-order valence-electron chi connectivity index (χ1n) is 11.9. The number of aromatic nitrogens is 1. The van der Waals surface area contributed by atoms with Crippen LogP contribution in [0.2, 0.25) is 0 Å². The molecule has 7 heteroatoms. The van der Waals surface area contributed by atoms with Crippen LogP contribution in [0.15, 0.2) is 86.6 Å². The van der Waals surface area contributed by atoms with Gasteiger partial charge in [0.05, 0.1) is 27.4 Å². The number of halogens is 1. The normalized spacial score (nSPS) is 16.7. The van der Waals surface area contributed by atoms with Crippen LogP contribution in [-0.4, -0.2) is 16.3 Å². The lowest BCUT2D eigenvalue weighted by Crippen LogP contribution is -2.38. The highest BCUT2D eigenvalue weighted by molar-refractivity contribution is 9.10. The molecule has 180 valence electrons. The highest BCUT2D eigenvalue weighted by Gasteiger charge is 2.32. The fourth-order valence-electron chi connectivity index (χ4n) is 5.05. The second kappa shape index (κ2) is 9.22. The number of rotatable bonds is 4. The average Bonchev–Trinajstić information content (AvgIpc) is 3.20. The molecule has 1 aromatic heterocycles. The minimum Gasteiger partial charge on any atom is -0.503 e. The van der Waals surface area contributed by atoms with Gasteiger partial charge in [-0.15, -0.1) is 0 Å². The Morgan fingerprint density at radius 1 is 1.14 bits per heavy atom. The summed E-state index contributed by atoms with van der Waals surface area (Å²) in [6.07, 6.45) is 3.64. The van der Waals surface area contributed by atoms with Crippen LogP contribution in [0.3, 0.4) is 0 Å². The Morgan fingerprint density at radius 2 is 1.92 bits per heavy atom. The van der Waals surface area contributed by atoms with Crippen LogP contribution < -0.4 is 19.6 Å². The van der Waals surface area contributed by atoms with Gasteiger partial charge in [0.25, 0.3) is 5.56 Å². The minimum atomic E-state index is -0.196. The lowest BCUT2D eigenvalue weighted by atomic mass is 9.83. The highest BCUT2D eigenvalue weighted by Crippen LogP contribution is 2.41. The molecule has 3 aromatic carbocycles. The number of benzene rings is 3. The van der Waals surface area contributed by atoms with E-state index in [-0.39, 0.29) is 17.4 Å². The number of nitrogens with zero attached hydrogens (tertiary/aromatic N) is 2. The monoisotopic (exact) mass is 558 g/mol. The first kappa shape index (κ1) is 23.0. The van der Waals surface area contributed by atoms with E-state index < -0.39 is 0 Å². The molecule has 1 aliphatic carbocycles. The SMILES string of the molecule is CCOc1cc(C=c2sc3n(c2=O)C(c2ccccc2)C2=C(N=3)c3ccccc3CC2)cc(Br)c1O. The standard InChI is InChI=1S/C29H23BrN2O3S/c1-2-35-23-15-17(14-22(30)27(23)33)16-24-28(34)32-26(19-9-4-3-5-10-19)21-13-12-18-8-6-7-11-20(18)25(21)31-29(32)36-24/h3-11,14-16,26,33H,2,12-13H2,1H3. The van der Waals surface area contributed by atoms with Crippen LogP contribution >= 0.6 is 27.3 Å². The first-order valence-corrected chi connectivity index (χ1v) is 13.5. The van der Waals surface area contributed by atoms with Crippen LogP contribution in [-0.2, 0) is 6.42 Å². The second-order valence-corrected chi connectivity index (χ2v) is 10.7. The summed E-state index contributed by atoms with van der Waals surface area (Å²) in [5.41, 5.74) is 6.40. The molecule has 0 bridgehead atoms. The Balaban J connectivity index is 1.59. The molecular weight excluding hydrogens is 536 g/mol. The Labute approximate surface area is 220 Å². The number of hydrogen-bond donors (Lipinski definition) is 1. The molecule has 2 aliphatic rings. The molecule has 1 atom stereocenters. The third-order valence-electron chi connectivity index (χ3n) is 6.64. The molecule has 1 unspecified atom stereocenters. The van der Waals surface area contributed by atoms with Gasteiger partial charge < -0.3 is 9.84 Å². The predicted octanol–water partition coefficient (Wildman–Crippen LogP) is 5.19. The van der Waals surface area contributed by atoms with Gasteiger partial charge in [0.2, 0.25) is 0 Å². The van der Waals surface area contributed by atoms with Gasteiger partial charge in [-0.25, -0.2) is 4.99 Å². The topological polar surface area (TPSA) is 63.8 Å². The predicted molar refractivity (Wildman–Crippen MR) is 146 cm³/mol. The van der Waals surface area contributed by atoms with E-state index in [2.05, 4.69) is 52.3 Å². The molecule has 6 rings (SSSR count). The average molecular weight is 559 g/mol. The van der Waals surface area contributed by atoms with Crippen molar-refractivity contribution in [3.8, 4) is 11.5 Å². The van der Waals surface area contributed by atoms with E-state index in [1.165, 1.54) is 22.5 Å². The Bertz CT molecular complexity index is 1700. The summed E-state index contributed by atoms with van der Waals surface area (Å²) in [5, 5.41) is 10.3. The van der Waals surface area contributed by atoms with Gasteiger partial charge in [-0.2, -0.15) is 0 Å². The second-order valence-electron chi connectivity index (χ2n) is 8.81. The van der Waals surface area contributed by atoms with E-state index >= 15 is 0 Å². The smallest absolute Gasteiger partial charge is 0.271 e. The van der Waals surface area contributed by atoms with Crippen molar-refractivity contribution in [2.24, 2.45) is 4.99 Å². The maximum atomic E-state index is 13.9. The maximum Gasteiger partial charge on any atom is 0.271 e. The van der Waals surface area contributed by atoms with Crippen LogP contribution in [0.4, 0.5) is 0 Å². The van der Waals surface area contributed by atoms with E-state index in [1.807, 2.05) is 35.8 Å². The number of thiazole rings is 1. The zero-order valence-corrected chi connectivity index (χ0v) is 22.0. The van der Waals surface area contributed by atoms with Crippen molar-refractivity contribution in [1.29, 1.82) is 0 Å². The lowest BCUT2D eigenvalue weighted by molar-refractivity contribution is 0.317. The number of allylic oxidation sites excluding steroid dienone is 1. The summed E-state index contributed by atoms with van der Waals surface area (Å²) >= 11 is 4.79. The van der Waals surface area contributed by atoms with Crippen molar-refractivity contribution in [2.45, 2.75) is 25.8 Å². The number of phenolic OH excluding ortho intramolecular Hbond substituents is 1. The molecule has 1 N–H and O–H groups in total. The zero-order valence-electron chi connectivity index (χ0n) is 19.6. The molecule has 5 nitrogen and oxygen atoms in total. The highest BCUT2D eigenvalue weighted by atomic mass is 79.9. The largest absolute Gasteiger partial charge is 0.503 e. The summed E-state index contributed by atoms with van der Waals surface area (Å²) in [4.78, 5) is 19.6. The summed E-state index contributed by atoms with van der Waals surface area (Å²) < 4.78 is 8.52. The van der Waals surface area contributed by atoms with E-state index in [4.69, 9.17) is 9.73 Å². The lowest BCUT2D eigenvalue weighted by Gasteiger charge is -2.30. The molecule has 0 saturated carbocycles. The fourth-order valence-corrected chi connectivity index (χ4v) is 6.51. The summed E-state index contributed by atoms with van der Waals surface area (Å²) in [6, 6.07) is 22.0. The Morgan fingerprint density at radius 3 is 2.72 bits per heavy atom. The van der Waals surface area contributed by atoms with Crippen molar-refractivity contribution in [3.63, 3.8) is 0 Å². The van der Waals surface area contributed by atoms with Gasteiger partial charge in [0, 0.05) is 5.56 Å². The quantitative estimate of drug-likeness (QED) is 0.375. The van der Waals surface area contributed by atoms with Crippen LogP contribution in [0.5, 0.6) is 11.5 Å². The van der Waals surface area contributed by atoms with Crippen molar-refractivity contribution >= 4 is 39.0 Å².